The summed E-state index contributed by atoms with van der Waals surface area (Å²) in [5, 5.41) is 16.3. The molecule has 1 N–H and O–H groups in total. The van der Waals surface area contributed by atoms with Crippen molar-refractivity contribution in [3.63, 3.8) is 0 Å². The number of aliphatic hydroxyl groups is 1. The zero-order valence-corrected chi connectivity index (χ0v) is 3.85. The summed E-state index contributed by atoms with van der Waals surface area (Å²) in [5.74, 6) is 0. The third-order valence-corrected chi connectivity index (χ3v) is 0. The lowest BCUT2D eigenvalue weighted by Gasteiger charge is -1.52. The lowest BCUT2D eigenvalue weighted by atomic mass is 10.9. The molecule has 0 atom stereocenters. The van der Waals surface area contributed by atoms with Gasteiger partial charge >= 0.3 is 0 Å². The van der Waals surface area contributed by atoms with Crippen LogP contribution >= 0.6 is 0 Å². The van der Waals surface area contributed by atoms with Gasteiger partial charge in [0.25, 0.3) is 0 Å². The Bertz CT molecular complexity index is 19.5. The van der Waals surface area contributed by atoms with Crippen LogP contribution in [0.2, 0.25) is 0 Å². The molecule has 0 saturated heterocycles. The molecule has 0 aromatic heterocycles. The standard InChI is InChI=1S/C2H6O.C2H3O/c2*1-2-3/h3H,2H2,1H3;2H,1H2. The average molecular weight is 89.1 g/mol. The zero-order chi connectivity index (χ0) is 5.41. The van der Waals surface area contributed by atoms with Crippen molar-refractivity contribution in [3.8, 4) is 0 Å². The summed E-state index contributed by atoms with van der Waals surface area (Å²) in [6.07, 6.45) is 0.500. The summed E-state index contributed by atoms with van der Waals surface area (Å²) < 4.78 is 0. The van der Waals surface area contributed by atoms with Gasteiger partial charge in [0, 0.05) is 6.61 Å². The third-order valence-electron chi connectivity index (χ3n) is 0. The molecular weight excluding hydrogens is 80.0 g/mol. The van der Waals surface area contributed by atoms with E-state index in [1.54, 1.807) is 6.92 Å². The Hall–Kier alpha value is -0.500. The van der Waals surface area contributed by atoms with Gasteiger partial charge in [-0.3, -0.25) is 5.11 Å². The van der Waals surface area contributed by atoms with Crippen LogP contribution in [0.4, 0.5) is 0 Å². The SMILES string of the molecule is C=C[O].CCO. The largest absolute Gasteiger partial charge is 0.397 e. The van der Waals surface area contributed by atoms with Crippen LogP contribution in [-0.2, 0) is 5.11 Å². The van der Waals surface area contributed by atoms with Crippen molar-refractivity contribution in [1.29, 1.82) is 0 Å². The summed E-state index contributed by atoms with van der Waals surface area (Å²) in [5.41, 5.74) is 0. The van der Waals surface area contributed by atoms with E-state index in [2.05, 4.69) is 6.58 Å². The monoisotopic (exact) mass is 89.1 g/mol. The number of hydrogen-bond donors (Lipinski definition) is 1. The summed E-state index contributed by atoms with van der Waals surface area (Å²) >= 11 is 0. The molecule has 37 valence electrons. The van der Waals surface area contributed by atoms with Crippen molar-refractivity contribution in [3.05, 3.63) is 12.8 Å². The first-order valence-corrected chi connectivity index (χ1v) is 1.67. The zero-order valence-electron chi connectivity index (χ0n) is 3.85. The Morgan fingerprint density at radius 2 is 2.00 bits per heavy atom. The second kappa shape index (κ2) is 24.5. The first-order chi connectivity index (χ1) is 2.83. The topological polar surface area (TPSA) is 40.1 Å². The molecule has 0 aromatic rings. The minimum atomic E-state index is 0.250. The first kappa shape index (κ1) is 9.09. The fourth-order valence-corrected chi connectivity index (χ4v) is 0. The third kappa shape index (κ3) is 87.5. The van der Waals surface area contributed by atoms with Gasteiger partial charge in [-0.15, -0.1) is 0 Å². The van der Waals surface area contributed by atoms with Gasteiger partial charge < -0.3 is 5.11 Å². The van der Waals surface area contributed by atoms with Gasteiger partial charge in [0.05, 0.1) is 0 Å². The first-order valence-electron chi connectivity index (χ1n) is 1.67. The second-order valence-electron chi connectivity index (χ2n) is 0.483. The van der Waals surface area contributed by atoms with E-state index in [1.807, 2.05) is 0 Å². The molecule has 0 aliphatic heterocycles. The second-order valence-corrected chi connectivity index (χ2v) is 0.483. The fourth-order valence-electron chi connectivity index (χ4n) is 0. The molecule has 0 unspecified atom stereocenters. The van der Waals surface area contributed by atoms with Crippen LogP contribution in [0.5, 0.6) is 0 Å². The van der Waals surface area contributed by atoms with E-state index in [0.717, 1.165) is 0 Å². The van der Waals surface area contributed by atoms with Gasteiger partial charge in [-0.1, -0.05) is 6.58 Å². The molecule has 0 heterocycles. The summed E-state index contributed by atoms with van der Waals surface area (Å²) in [7, 11) is 0. The van der Waals surface area contributed by atoms with E-state index in [0.29, 0.717) is 6.26 Å². The van der Waals surface area contributed by atoms with Crippen LogP contribution in [0.15, 0.2) is 12.8 Å². The molecule has 2 nitrogen and oxygen atoms in total. The normalized spacial score (nSPS) is 5.00. The maximum Gasteiger partial charge on any atom is 0.135 e. The summed E-state index contributed by atoms with van der Waals surface area (Å²) in [4.78, 5) is 0. The highest BCUT2D eigenvalue weighted by atomic mass is 16.2. The molecule has 0 fully saturated rings. The predicted octanol–water partition coefficient (Wildman–Crippen LogP) is 0.559. The predicted molar refractivity (Wildman–Crippen MR) is 23.6 cm³/mol. The van der Waals surface area contributed by atoms with Crippen molar-refractivity contribution < 1.29 is 10.2 Å². The average Bonchev–Trinajstić information content (AvgIpc) is 1.39. The lowest BCUT2D eigenvalue weighted by Crippen LogP contribution is -1.57. The van der Waals surface area contributed by atoms with Crippen LogP contribution in [0.25, 0.3) is 0 Å². The minimum absolute atomic E-state index is 0.250. The fraction of sp³-hybridized carbons (Fsp3) is 0.500. The van der Waals surface area contributed by atoms with Gasteiger partial charge in [-0.2, -0.15) is 0 Å². The van der Waals surface area contributed by atoms with E-state index in [4.69, 9.17) is 10.2 Å². The van der Waals surface area contributed by atoms with Crippen LogP contribution in [-0.4, -0.2) is 11.7 Å². The quantitative estimate of drug-likeness (QED) is 0.433. The highest BCUT2D eigenvalue weighted by Crippen LogP contribution is 1.30. The molecule has 0 bridgehead atoms. The van der Waals surface area contributed by atoms with Gasteiger partial charge in [0.1, 0.15) is 6.26 Å². The van der Waals surface area contributed by atoms with Crippen LogP contribution in [0.1, 0.15) is 6.92 Å². The Kier molecular flexibility index (Phi) is 37.1. The molecule has 0 aromatic carbocycles. The number of hydrogen-bond acceptors (Lipinski definition) is 1. The highest BCUT2D eigenvalue weighted by Gasteiger charge is 1.34. The maximum atomic E-state index is 8.69. The molecule has 2 heteroatoms. The number of aliphatic hydroxyl groups excluding tert-OH is 1. The van der Waals surface area contributed by atoms with E-state index in [1.165, 1.54) is 0 Å². The van der Waals surface area contributed by atoms with Crippen molar-refractivity contribution >= 4 is 0 Å². The van der Waals surface area contributed by atoms with Crippen molar-refractivity contribution in [2.24, 2.45) is 0 Å². The molecule has 6 heavy (non-hydrogen) atoms. The van der Waals surface area contributed by atoms with Gasteiger partial charge in [-0.05, 0) is 6.92 Å². The molecule has 0 aliphatic rings. The Labute approximate surface area is 37.7 Å². The van der Waals surface area contributed by atoms with Gasteiger partial charge in [-0.25, -0.2) is 0 Å². The summed E-state index contributed by atoms with van der Waals surface area (Å²) in [6, 6.07) is 0. The highest BCUT2D eigenvalue weighted by molar-refractivity contribution is 4.37. The molecule has 0 saturated carbocycles. The Balaban J connectivity index is 0. The van der Waals surface area contributed by atoms with E-state index < -0.39 is 0 Å². The summed E-state index contributed by atoms with van der Waals surface area (Å²) in [6.45, 7) is 4.74. The Morgan fingerprint density at radius 1 is 2.00 bits per heavy atom. The molecule has 0 aliphatic carbocycles. The van der Waals surface area contributed by atoms with Crippen LogP contribution in [0.3, 0.4) is 0 Å². The van der Waals surface area contributed by atoms with Crippen molar-refractivity contribution in [2.45, 2.75) is 6.92 Å². The molecule has 0 amide bonds. The maximum absolute atomic E-state index is 8.69. The van der Waals surface area contributed by atoms with Crippen LogP contribution < -0.4 is 0 Å². The minimum Gasteiger partial charge on any atom is -0.397 e. The smallest absolute Gasteiger partial charge is 0.135 e. The lowest BCUT2D eigenvalue weighted by molar-refractivity contribution is 0.318. The van der Waals surface area contributed by atoms with Gasteiger partial charge in [0.15, 0.2) is 0 Å². The van der Waals surface area contributed by atoms with E-state index >= 15 is 0 Å². The van der Waals surface area contributed by atoms with Crippen LogP contribution in [0, 0.1) is 0 Å². The van der Waals surface area contributed by atoms with Gasteiger partial charge in [0.2, 0.25) is 0 Å². The molecule has 1 radical (unpaired) electrons. The van der Waals surface area contributed by atoms with E-state index in [9.17, 15) is 0 Å². The molecule has 0 spiro atoms. The number of rotatable bonds is 0. The van der Waals surface area contributed by atoms with E-state index in [-0.39, 0.29) is 6.61 Å². The molecular formula is C4H9O2. The Morgan fingerprint density at radius 3 is 2.00 bits per heavy atom. The van der Waals surface area contributed by atoms with Crippen molar-refractivity contribution in [2.75, 3.05) is 6.61 Å². The molecule has 0 rings (SSSR count). The van der Waals surface area contributed by atoms with Crippen molar-refractivity contribution in [1.82, 2.24) is 0 Å².